The van der Waals surface area contributed by atoms with Gasteiger partial charge in [-0.1, -0.05) is 18.2 Å². The second-order valence-corrected chi connectivity index (χ2v) is 5.79. The van der Waals surface area contributed by atoms with Gasteiger partial charge in [-0.2, -0.15) is 0 Å². The van der Waals surface area contributed by atoms with E-state index in [4.69, 9.17) is 4.74 Å². The van der Waals surface area contributed by atoms with E-state index in [1.807, 2.05) is 6.07 Å². The Balaban J connectivity index is 1.91. The van der Waals surface area contributed by atoms with Crippen molar-refractivity contribution in [3.8, 4) is 5.75 Å². The Morgan fingerprint density at radius 3 is 2.59 bits per heavy atom. The smallest absolute Gasteiger partial charge is 0.119 e. The highest BCUT2D eigenvalue weighted by atomic mass is 16.5. The van der Waals surface area contributed by atoms with Gasteiger partial charge < -0.3 is 15.2 Å². The lowest BCUT2D eigenvalue weighted by Gasteiger charge is -2.35. The number of nitrogens with one attached hydrogen (secondary N) is 1. The maximum Gasteiger partial charge on any atom is 0.119 e. The van der Waals surface area contributed by atoms with E-state index in [0.717, 1.165) is 38.3 Å². The summed E-state index contributed by atoms with van der Waals surface area (Å²) >= 11 is 0. The van der Waals surface area contributed by atoms with E-state index >= 15 is 0 Å². The van der Waals surface area contributed by atoms with Gasteiger partial charge in [0, 0.05) is 38.8 Å². The van der Waals surface area contributed by atoms with Gasteiger partial charge in [-0.05, 0) is 41.0 Å². The van der Waals surface area contributed by atoms with Crippen LogP contribution in [0.4, 0.5) is 0 Å². The number of methoxy groups -OCH3 is 1. The largest absolute Gasteiger partial charge is 0.497 e. The zero-order valence-corrected chi connectivity index (χ0v) is 13.1. The Hall–Kier alpha value is -1.62. The molecule has 2 aromatic rings. The summed E-state index contributed by atoms with van der Waals surface area (Å²) in [5.74, 6) is 0.884. The van der Waals surface area contributed by atoms with Crippen LogP contribution in [0.3, 0.4) is 0 Å². The minimum atomic E-state index is 0.218. The number of nitrogens with zero attached hydrogens (tertiary/aromatic N) is 1. The summed E-state index contributed by atoms with van der Waals surface area (Å²) in [7, 11) is 1.69. The zero-order valence-electron chi connectivity index (χ0n) is 13.1. The van der Waals surface area contributed by atoms with Gasteiger partial charge >= 0.3 is 0 Å². The van der Waals surface area contributed by atoms with Gasteiger partial charge in [0.2, 0.25) is 0 Å². The molecule has 1 saturated heterocycles. The standard InChI is InChI=1S/C18H24N2O2/c1-22-17-5-4-14-12-16(3-2-15(14)13-17)18(6-11-21)20-9-7-19-8-10-20/h2-5,12-13,18-19,21H,6-11H2,1H3/t18-/m0/s1. The SMILES string of the molecule is COc1ccc2cc([C@H](CCO)N3CCNCC3)ccc2c1. The molecule has 0 amide bonds. The Bertz CT molecular complexity index is 624. The number of fused-ring (bicyclic) bond motifs is 1. The van der Waals surface area contributed by atoms with Crippen LogP contribution in [-0.4, -0.2) is 49.9 Å². The fourth-order valence-corrected chi connectivity index (χ4v) is 3.25. The minimum Gasteiger partial charge on any atom is -0.497 e. The van der Waals surface area contributed by atoms with Crippen LogP contribution >= 0.6 is 0 Å². The second-order valence-electron chi connectivity index (χ2n) is 5.79. The predicted molar refractivity (Wildman–Crippen MR) is 89.4 cm³/mol. The van der Waals surface area contributed by atoms with Crippen molar-refractivity contribution < 1.29 is 9.84 Å². The number of ether oxygens (including phenoxy) is 1. The van der Waals surface area contributed by atoms with E-state index in [0.29, 0.717) is 6.04 Å². The van der Waals surface area contributed by atoms with Crippen LogP contribution < -0.4 is 10.1 Å². The number of rotatable bonds is 5. The van der Waals surface area contributed by atoms with Crippen molar-refractivity contribution in [1.82, 2.24) is 10.2 Å². The van der Waals surface area contributed by atoms with Gasteiger partial charge in [-0.25, -0.2) is 0 Å². The van der Waals surface area contributed by atoms with Crippen molar-refractivity contribution >= 4 is 10.8 Å². The van der Waals surface area contributed by atoms with Gasteiger partial charge in [-0.15, -0.1) is 0 Å². The lowest BCUT2D eigenvalue weighted by atomic mass is 9.98. The molecule has 1 atom stereocenters. The van der Waals surface area contributed by atoms with Gasteiger partial charge in [0.15, 0.2) is 0 Å². The van der Waals surface area contributed by atoms with E-state index in [2.05, 4.69) is 40.5 Å². The molecule has 0 unspecified atom stereocenters. The van der Waals surface area contributed by atoms with E-state index in [1.54, 1.807) is 7.11 Å². The first-order chi connectivity index (χ1) is 10.8. The Morgan fingerprint density at radius 2 is 1.86 bits per heavy atom. The minimum absolute atomic E-state index is 0.218. The van der Waals surface area contributed by atoms with Crippen molar-refractivity contribution in [2.75, 3.05) is 39.9 Å². The number of aliphatic hydroxyl groups is 1. The molecular weight excluding hydrogens is 276 g/mol. The molecule has 2 aromatic carbocycles. The summed E-state index contributed by atoms with van der Waals surface area (Å²) in [5, 5.41) is 15.2. The van der Waals surface area contributed by atoms with Crippen molar-refractivity contribution in [3.05, 3.63) is 42.0 Å². The second kappa shape index (κ2) is 7.09. The van der Waals surface area contributed by atoms with Crippen LogP contribution in [0, 0.1) is 0 Å². The van der Waals surface area contributed by atoms with Gasteiger partial charge in [0.1, 0.15) is 5.75 Å². The molecule has 1 heterocycles. The molecule has 0 bridgehead atoms. The molecule has 1 fully saturated rings. The fourth-order valence-electron chi connectivity index (χ4n) is 3.25. The topological polar surface area (TPSA) is 44.7 Å². The van der Waals surface area contributed by atoms with Gasteiger partial charge in [-0.3, -0.25) is 4.90 Å². The molecule has 0 saturated carbocycles. The summed E-state index contributed by atoms with van der Waals surface area (Å²) in [5.41, 5.74) is 1.29. The first-order valence-corrected chi connectivity index (χ1v) is 7.95. The van der Waals surface area contributed by atoms with E-state index in [9.17, 15) is 5.11 Å². The first kappa shape index (κ1) is 15.3. The number of piperazine rings is 1. The van der Waals surface area contributed by atoms with Crippen LogP contribution in [0.5, 0.6) is 5.75 Å². The summed E-state index contributed by atoms with van der Waals surface area (Å²) < 4.78 is 5.29. The Kier molecular flexibility index (Phi) is 4.93. The normalized spacial score (nSPS) is 17.5. The first-order valence-electron chi connectivity index (χ1n) is 7.95. The molecule has 4 heteroatoms. The summed E-state index contributed by atoms with van der Waals surface area (Å²) in [6.45, 7) is 4.32. The Morgan fingerprint density at radius 1 is 1.14 bits per heavy atom. The molecule has 22 heavy (non-hydrogen) atoms. The lowest BCUT2D eigenvalue weighted by molar-refractivity contribution is 0.141. The molecule has 1 aliphatic heterocycles. The van der Waals surface area contributed by atoms with Crippen LogP contribution in [0.25, 0.3) is 10.8 Å². The van der Waals surface area contributed by atoms with E-state index in [1.165, 1.54) is 16.3 Å². The molecule has 118 valence electrons. The average molecular weight is 300 g/mol. The van der Waals surface area contributed by atoms with Crippen LogP contribution in [0.1, 0.15) is 18.0 Å². The summed E-state index contributed by atoms with van der Waals surface area (Å²) in [4.78, 5) is 2.47. The van der Waals surface area contributed by atoms with Gasteiger partial charge in [0.25, 0.3) is 0 Å². The number of aliphatic hydroxyl groups excluding tert-OH is 1. The van der Waals surface area contributed by atoms with Crippen molar-refractivity contribution in [1.29, 1.82) is 0 Å². The van der Waals surface area contributed by atoms with Gasteiger partial charge in [0.05, 0.1) is 7.11 Å². The van der Waals surface area contributed by atoms with Crippen molar-refractivity contribution in [2.45, 2.75) is 12.5 Å². The fraction of sp³-hybridized carbons (Fsp3) is 0.444. The molecule has 0 aliphatic carbocycles. The molecule has 0 aromatic heterocycles. The highest BCUT2D eigenvalue weighted by Crippen LogP contribution is 2.29. The third-order valence-electron chi connectivity index (χ3n) is 4.45. The average Bonchev–Trinajstić information content (AvgIpc) is 2.59. The molecule has 0 spiro atoms. The predicted octanol–water partition coefficient (Wildman–Crippen LogP) is 2.18. The molecule has 1 aliphatic rings. The third-order valence-corrected chi connectivity index (χ3v) is 4.45. The quantitative estimate of drug-likeness (QED) is 0.888. The summed E-state index contributed by atoms with van der Waals surface area (Å²) in [6, 6.07) is 13.0. The molecular formula is C18H24N2O2. The van der Waals surface area contributed by atoms with Crippen molar-refractivity contribution in [2.24, 2.45) is 0 Å². The van der Waals surface area contributed by atoms with E-state index < -0.39 is 0 Å². The zero-order chi connectivity index (χ0) is 15.4. The number of benzene rings is 2. The molecule has 4 nitrogen and oxygen atoms in total. The molecule has 0 radical (unpaired) electrons. The maximum absolute atomic E-state index is 9.45. The van der Waals surface area contributed by atoms with E-state index in [-0.39, 0.29) is 6.61 Å². The lowest BCUT2D eigenvalue weighted by Crippen LogP contribution is -2.45. The van der Waals surface area contributed by atoms with Crippen LogP contribution in [0.15, 0.2) is 36.4 Å². The number of hydrogen-bond donors (Lipinski definition) is 2. The molecule has 3 rings (SSSR count). The highest BCUT2D eigenvalue weighted by molar-refractivity contribution is 5.84. The number of hydrogen-bond acceptors (Lipinski definition) is 4. The molecule has 2 N–H and O–H groups in total. The monoisotopic (exact) mass is 300 g/mol. The Labute approximate surface area is 131 Å². The van der Waals surface area contributed by atoms with Crippen molar-refractivity contribution in [3.63, 3.8) is 0 Å². The van der Waals surface area contributed by atoms with Crippen LogP contribution in [-0.2, 0) is 0 Å². The highest BCUT2D eigenvalue weighted by Gasteiger charge is 2.21. The van der Waals surface area contributed by atoms with Crippen LogP contribution in [0.2, 0.25) is 0 Å². The maximum atomic E-state index is 9.45. The summed E-state index contributed by atoms with van der Waals surface area (Å²) in [6.07, 6.45) is 0.779. The third kappa shape index (κ3) is 3.24.